The number of hydrogen-bond acceptors (Lipinski definition) is 6. The Hall–Kier alpha value is -3.20. The molecule has 0 saturated heterocycles. The zero-order valence-corrected chi connectivity index (χ0v) is 16.8. The molecule has 1 aromatic heterocycles. The number of halogens is 1. The first-order valence-corrected chi connectivity index (χ1v) is 10.5. The van der Waals surface area contributed by atoms with E-state index in [-0.39, 0.29) is 4.90 Å². The van der Waals surface area contributed by atoms with Gasteiger partial charge in [0.25, 0.3) is 10.0 Å². The zero-order chi connectivity index (χ0) is 20.9. The Morgan fingerprint density at radius 2 is 1.76 bits per heavy atom. The van der Waals surface area contributed by atoms with E-state index in [9.17, 15) is 12.8 Å². The number of aromatic nitrogens is 2. The first kappa shape index (κ1) is 20.5. The highest BCUT2D eigenvalue weighted by molar-refractivity contribution is 7.92. The molecular weight excluding hydrogens is 395 g/mol. The van der Waals surface area contributed by atoms with Gasteiger partial charge in [-0.05, 0) is 55.8 Å². The van der Waals surface area contributed by atoms with Crippen LogP contribution in [-0.4, -0.2) is 25.0 Å². The van der Waals surface area contributed by atoms with E-state index in [2.05, 4.69) is 20.0 Å². The summed E-state index contributed by atoms with van der Waals surface area (Å²) < 4.78 is 46.0. The van der Waals surface area contributed by atoms with Crippen LogP contribution in [0.1, 0.15) is 19.2 Å². The molecule has 7 nitrogen and oxygen atoms in total. The van der Waals surface area contributed by atoms with E-state index in [1.54, 1.807) is 37.3 Å². The minimum Gasteiger partial charge on any atom is -0.478 e. The number of sulfonamides is 1. The number of nitrogens with one attached hydrogen (secondary N) is 2. The van der Waals surface area contributed by atoms with Gasteiger partial charge in [-0.1, -0.05) is 13.0 Å². The molecule has 2 N–H and O–H groups in total. The summed E-state index contributed by atoms with van der Waals surface area (Å²) in [5, 5.41) is 3.13. The lowest BCUT2D eigenvalue weighted by molar-refractivity contribution is 0.304. The van der Waals surface area contributed by atoms with Gasteiger partial charge in [-0.25, -0.2) is 17.8 Å². The predicted molar refractivity (Wildman–Crippen MR) is 109 cm³/mol. The third kappa shape index (κ3) is 5.64. The largest absolute Gasteiger partial charge is 0.478 e. The van der Waals surface area contributed by atoms with E-state index >= 15 is 0 Å². The summed E-state index contributed by atoms with van der Waals surface area (Å²) in [6, 6.07) is 13.1. The first-order chi connectivity index (χ1) is 13.9. The van der Waals surface area contributed by atoms with Crippen LogP contribution in [0.15, 0.2) is 59.5 Å². The van der Waals surface area contributed by atoms with Crippen LogP contribution in [0.2, 0.25) is 0 Å². The Balaban J connectivity index is 1.71. The summed E-state index contributed by atoms with van der Waals surface area (Å²) in [6.45, 7) is 4.35. The van der Waals surface area contributed by atoms with Crippen LogP contribution < -0.4 is 14.8 Å². The van der Waals surface area contributed by atoms with Crippen molar-refractivity contribution >= 4 is 27.2 Å². The summed E-state index contributed by atoms with van der Waals surface area (Å²) in [4.78, 5) is 8.40. The summed E-state index contributed by atoms with van der Waals surface area (Å²) in [7, 11) is -3.88. The lowest BCUT2D eigenvalue weighted by atomic mass is 10.3. The molecule has 152 valence electrons. The van der Waals surface area contributed by atoms with Crippen LogP contribution >= 0.6 is 0 Å². The molecule has 29 heavy (non-hydrogen) atoms. The van der Waals surface area contributed by atoms with Crippen LogP contribution in [-0.2, 0) is 10.0 Å². The number of benzene rings is 2. The van der Waals surface area contributed by atoms with Crippen molar-refractivity contribution < 1.29 is 17.5 Å². The van der Waals surface area contributed by atoms with Crippen LogP contribution in [0.25, 0.3) is 0 Å². The van der Waals surface area contributed by atoms with Gasteiger partial charge in [0, 0.05) is 17.4 Å². The van der Waals surface area contributed by atoms with Crippen molar-refractivity contribution in [2.24, 2.45) is 0 Å². The molecule has 1 heterocycles. The van der Waals surface area contributed by atoms with E-state index in [0.29, 0.717) is 35.5 Å². The molecule has 0 aliphatic rings. The maximum Gasteiger partial charge on any atom is 0.261 e. The van der Waals surface area contributed by atoms with Crippen LogP contribution in [0.3, 0.4) is 0 Å². The third-order valence-corrected chi connectivity index (χ3v) is 5.16. The number of hydrogen-bond donors (Lipinski definition) is 2. The van der Waals surface area contributed by atoms with Gasteiger partial charge in [0.15, 0.2) is 0 Å². The molecular formula is C20H21FN4O3S. The van der Waals surface area contributed by atoms with Gasteiger partial charge in [0.05, 0.1) is 11.5 Å². The molecule has 0 fully saturated rings. The minimum absolute atomic E-state index is 0.143. The summed E-state index contributed by atoms with van der Waals surface area (Å²) in [6.07, 6.45) is 0.874. The van der Waals surface area contributed by atoms with Gasteiger partial charge < -0.3 is 10.1 Å². The third-order valence-electron chi connectivity index (χ3n) is 3.78. The molecule has 0 radical (unpaired) electrons. The van der Waals surface area contributed by atoms with Crippen LogP contribution in [0, 0.1) is 12.7 Å². The number of anilines is 3. The van der Waals surface area contributed by atoms with E-state index < -0.39 is 15.8 Å². The number of rotatable bonds is 8. The number of ether oxygens (including phenoxy) is 1. The predicted octanol–water partition coefficient (Wildman–Crippen LogP) is 4.26. The average Bonchev–Trinajstić information content (AvgIpc) is 2.67. The monoisotopic (exact) mass is 416 g/mol. The maximum absolute atomic E-state index is 13.3. The molecule has 3 rings (SSSR count). The van der Waals surface area contributed by atoms with Gasteiger partial charge in [0.1, 0.15) is 17.5 Å². The molecule has 0 unspecified atom stereocenters. The lowest BCUT2D eigenvalue weighted by Gasteiger charge is -2.11. The highest BCUT2D eigenvalue weighted by Gasteiger charge is 2.14. The molecule has 0 aliphatic carbocycles. The highest BCUT2D eigenvalue weighted by Crippen LogP contribution is 2.22. The maximum atomic E-state index is 13.3. The van der Waals surface area contributed by atoms with Crippen LogP contribution in [0.5, 0.6) is 5.88 Å². The lowest BCUT2D eigenvalue weighted by Crippen LogP contribution is -2.13. The molecule has 0 atom stereocenters. The fraction of sp³-hybridized carbons (Fsp3) is 0.200. The second-order valence-electron chi connectivity index (χ2n) is 6.25. The molecule has 0 bridgehead atoms. The number of nitrogens with zero attached hydrogens (tertiary/aromatic N) is 2. The van der Waals surface area contributed by atoms with E-state index in [1.165, 1.54) is 18.2 Å². The van der Waals surface area contributed by atoms with Gasteiger partial charge in [-0.3, -0.25) is 4.72 Å². The standard InChI is InChI=1S/C20H21FN4O3S/c1-3-11-28-20-13-19(22-14(2)23-20)24-16-7-9-17(10-8-16)25-29(26,27)18-6-4-5-15(21)12-18/h4-10,12-13,25H,3,11H2,1-2H3,(H,22,23,24). The fourth-order valence-corrected chi connectivity index (χ4v) is 3.59. The minimum atomic E-state index is -3.88. The van der Waals surface area contributed by atoms with Gasteiger partial charge in [-0.15, -0.1) is 0 Å². The summed E-state index contributed by atoms with van der Waals surface area (Å²) >= 11 is 0. The molecule has 0 saturated carbocycles. The highest BCUT2D eigenvalue weighted by atomic mass is 32.2. The molecule has 9 heteroatoms. The molecule has 2 aromatic carbocycles. The SMILES string of the molecule is CCCOc1cc(Nc2ccc(NS(=O)(=O)c3cccc(F)c3)cc2)nc(C)n1. The Kier molecular flexibility index (Phi) is 6.28. The Labute approximate surface area is 169 Å². The van der Waals surface area contributed by atoms with Crippen molar-refractivity contribution in [2.75, 3.05) is 16.6 Å². The molecule has 0 amide bonds. The Morgan fingerprint density at radius 3 is 2.45 bits per heavy atom. The van der Waals surface area contributed by atoms with Crippen molar-refractivity contribution in [1.82, 2.24) is 9.97 Å². The van der Waals surface area contributed by atoms with Gasteiger partial charge in [0.2, 0.25) is 5.88 Å². The molecule has 0 aliphatic heterocycles. The second-order valence-corrected chi connectivity index (χ2v) is 7.93. The Bertz CT molecular complexity index is 1090. The first-order valence-electron chi connectivity index (χ1n) is 8.99. The van der Waals surface area contributed by atoms with Crippen molar-refractivity contribution in [3.05, 3.63) is 66.2 Å². The van der Waals surface area contributed by atoms with Crippen molar-refractivity contribution in [2.45, 2.75) is 25.2 Å². The smallest absolute Gasteiger partial charge is 0.261 e. The zero-order valence-electron chi connectivity index (χ0n) is 16.0. The van der Waals surface area contributed by atoms with Crippen molar-refractivity contribution in [1.29, 1.82) is 0 Å². The molecule has 3 aromatic rings. The molecule has 0 spiro atoms. The quantitative estimate of drug-likeness (QED) is 0.570. The average molecular weight is 416 g/mol. The summed E-state index contributed by atoms with van der Waals surface area (Å²) in [5.41, 5.74) is 1.06. The number of aryl methyl sites for hydroxylation is 1. The second kappa shape index (κ2) is 8.87. The van der Waals surface area contributed by atoms with Gasteiger partial charge in [-0.2, -0.15) is 4.98 Å². The van der Waals surface area contributed by atoms with E-state index in [1.807, 2.05) is 6.92 Å². The Morgan fingerprint density at radius 1 is 1.03 bits per heavy atom. The van der Waals surface area contributed by atoms with Crippen molar-refractivity contribution in [3.63, 3.8) is 0 Å². The van der Waals surface area contributed by atoms with E-state index in [4.69, 9.17) is 4.74 Å². The fourth-order valence-electron chi connectivity index (χ4n) is 2.50. The van der Waals surface area contributed by atoms with Crippen molar-refractivity contribution in [3.8, 4) is 5.88 Å². The van der Waals surface area contributed by atoms with Crippen LogP contribution in [0.4, 0.5) is 21.6 Å². The topological polar surface area (TPSA) is 93.2 Å². The van der Waals surface area contributed by atoms with Gasteiger partial charge >= 0.3 is 0 Å². The normalized spacial score (nSPS) is 11.1. The summed E-state index contributed by atoms with van der Waals surface area (Å²) in [5.74, 6) is 1.01. The van der Waals surface area contributed by atoms with E-state index in [0.717, 1.165) is 12.5 Å².